The third kappa shape index (κ3) is 3.82. The molecule has 0 aromatic carbocycles. The molecule has 1 N–H and O–H groups in total. The van der Waals surface area contributed by atoms with E-state index in [1.165, 1.54) is 25.8 Å². The smallest absolute Gasteiger partial charge is 0.244 e. The molecule has 2 aromatic rings. The molecule has 25 heavy (non-hydrogen) atoms. The largest absolute Gasteiger partial charge is 0.383 e. The Balaban J connectivity index is 1.51. The number of hydrogen-bond acceptors (Lipinski definition) is 7. The van der Waals surface area contributed by atoms with Gasteiger partial charge in [0.25, 0.3) is 0 Å². The van der Waals surface area contributed by atoms with Crippen LogP contribution in [-0.2, 0) is 4.74 Å². The molecule has 134 valence electrons. The lowest BCUT2D eigenvalue weighted by molar-refractivity contribution is 0.201. The fraction of sp³-hybridized carbons (Fsp3) is 0.611. The van der Waals surface area contributed by atoms with Crippen molar-refractivity contribution in [2.45, 2.75) is 31.7 Å². The first-order valence-corrected chi connectivity index (χ1v) is 9.11. The Hall–Kier alpha value is -1.99. The van der Waals surface area contributed by atoms with E-state index < -0.39 is 0 Å². The van der Waals surface area contributed by atoms with Crippen LogP contribution < -0.4 is 5.32 Å². The number of nitrogens with zero attached hydrogens (tertiary/aromatic N) is 4. The molecule has 2 aliphatic rings. The van der Waals surface area contributed by atoms with Crippen molar-refractivity contribution < 1.29 is 9.26 Å². The minimum atomic E-state index is 0.267. The summed E-state index contributed by atoms with van der Waals surface area (Å²) in [4.78, 5) is 11.6. The van der Waals surface area contributed by atoms with Gasteiger partial charge < -0.3 is 14.6 Å². The van der Waals surface area contributed by atoms with Gasteiger partial charge >= 0.3 is 0 Å². The number of rotatable bonds is 8. The van der Waals surface area contributed by atoms with Crippen molar-refractivity contribution in [2.24, 2.45) is 5.92 Å². The van der Waals surface area contributed by atoms with E-state index >= 15 is 0 Å². The van der Waals surface area contributed by atoms with Gasteiger partial charge in [0.15, 0.2) is 0 Å². The monoisotopic (exact) mass is 343 g/mol. The fourth-order valence-electron chi connectivity index (χ4n) is 3.43. The minimum Gasteiger partial charge on any atom is -0.383 e. The molecule has 0 unspecified atom stereocenters. The van der Waals surface area contributed by atoms with Crippen molar-refractivity contribution in [1.29, 1.82) is 0 Å². The molecule has 1 aliphatic heterocycles. The van der Waals surface area contributed by atoms with Gasteiger partial charge in [0, 0.05) is 26.4 Å². The van der Waals surface area contributed by atoms with Crippen molar-refractivity contribution in [3.05, 3.63) is 24.2 Å². The lowest BCUT2D eigenvalue weighted by atomic mass is 10.2. The van der Waals surface area contributed by atoms with Crippen molar-refractivity contribution in [2.75, 3.05) is 38.7 Å². The topological polar surface area (TPSA) is 76.3 Å². The summed E-state index contributed by atoms with van der Waals surface area (Å²) >= 11 is 0. The van der Waals surface area contributed by atoms with Crippen molar-refractivity contribution in [3.63, 3.8) is 0 Å². The van der Waals surface area contributed by atoms with Crippen LogP contribution in [0.4, 0.5) is 5.82 Å². The number of nitrogens with one attached hydrogen (secondary N) is 1. The van der Waals surface area contributed by atoms with Gasteiger partial charge in [-0.3, -0.25) is 4.90 Å². The van der Waals surface area contributed by atoms with Crippen LogP contribution in [0.2, 0.25) is 0 Å². The van der Waals surface area contributed by atoms with Gasteiger partial charge in [0.05, 0.1) is 18.2 Å². The predicted molar refractivity (Wildman–Crippen MR) is 94.2 cm³/mol. The lowest BCUT2D eigenvalue weighted by Gasteiger charge is -2.20. The summed E-state index contributed by atoms with van der Waals surface area (Å²) < 4.78 is 10.7. The number of methoxy groups -OCH3 is 1. The van der Waals surface area contributed by atoms with Crippen molar-refractivity contribution in [1.82, 2.24) is 20.0 Å². The quantitative estimate of drug-likeness (QED) is 0.739. The zero-order valence-corrected chi connectivity index (χ0v) is 14.6. The summed E-state index contributed by atoms with van der Waals surface area (Å²) in [7, 11) is 1.68. The summed E-state index contributed by atoms with van der Waals surface area (Å²) in [6.45, 7) is 3.60. The number of anilines is 1. The Labute approximate surface area is 147 Å². The Morgan fingerprint density at radius 3 is 3.12 bits per heavy atom. The number of hydrogen-bond donors (Lipinski definition) is 1. The highest BCUT2D eigenvalue weighted by Crippen LogP contribution is 2.37. The molecule has 2 fully saturated rings. The lowest BCUT2D eigenvalue weighted by Crippen LogP contribution is -2.25. The fourth-order valence-corrected chi connectivity index (χ4v) is 3.43. The molecule has 7 nitrogen and oxygen atoms in total. The minimum absolute atomic E-state index is 0.267. The number of likely N-dealkylation sites (tertiary alicyclic amines) is 1. The van der Waals surface area contributed by atoms with E-state index in [2.05, 4.69) is 20.4 Å². The number of pyridine rings is 1. The SMILES string of the molecule is COCCNc1ncccc1-c1noc([C@H]2CCCN2CC2CC2)n1. The van der Waals surface area contributed by atoms with Crippen LogP contribution in [0.15, 0.2) is 22.9 Å². The average molecular weight is 343 g/mol. The van der Waals surface area contributed by atoms with Gasteiger partial charge in [-0.2, -0.15) is 4.98 Å². The van der Waals surface area contributed by atoms with Crippen LogP contribution in [0.3, 0.4) is 0 Å². The molecule has 1 atom stereocenters. The molecule has 0 spiro atoms. The van der Waals surface area contributed by atoms with Crippen molar-refractivity contribution in [3.8, 4) is 11.4 Å². The maximum atomic E-state index is 5.63. The second-order valence-corrected chi connectivity index (χ2v) is 6.87. The molecule has 1 saturated heterocycles. The van der Waals surface area contributed by atoms with E-state index in [-0.39, 0.29) is 6.04 Å². The first kappa shape index (κ1) is 16.5. The zero-order valence-electron chi connectivity index (χ0n) is 14.6. The van der Waals surface area contributed by atoms with Gasteiger partial charge in [-0.15, -0.1) is 0 Å². The predicted octanol–water partition coefficient (Wildman–Crippen LogP) is 2.74. The van der Waals surface area contributed by atoms with Gasteiger partial charge in [0.2, 0.25) is 11.7 Å². The second-order valence-electron chi connectivity index (χ2n) is 6.87. The van der Waals surface area contributed by atoms with Crippen LogP contribution >= 0.6 is 0 Å². The molecular weight excluding hydrogens is 318 g/mol. The standard InChI is InChI=1S/C18H25N5O2/c1-24-11-9-20-16-14(4-2-8-19-16)17-21-18(25-22-17)15-5-3-10-23(15)12-13-6-7-13/h2,4,8,13,15H,3,5-7,9-12H2,1H3,(H,19,20)/t15-/m1/s1. The molecule has 2 aromatic heterocycles. The van der Waals surface area contributed by atoms with E-state index in [0.717, 1.165) is 36.2 Å². The maximum absolute atomic E-state index is 5.63. The molecule has 0 amide bonds. The summed E-state index contributed by atoms with van der Waals surface area (Å²) in [5.74, 6) is 2.96. The Kier molecular flexibility index (Phi) is 4.94. The normalized spacial score (nSPS) is 20.9. The Morgan fingerprint density at radius 2 is 2.28 bits per heavy atom. The summed E-state index contributed by atoms with van der Waals surface area (Å²) in [5.41, 5.74) is 0.861. The molecule has 3 heterocycles. The van der Waals surface area contributed by atoms with E-state index in [9.17, 15) is 0 Å². The molecule has 0 bridgehead atoms. The summed E-state index contributed by atoms with van der Waals surface area (Å²) in [6.07, 6.45) is 6.79. The molecular formula is C18H25N5O2. The highest BCUT2D eigenvalue weighted by molar-refractivity contribution is 5.69. The molecule has 7 heteroatoms. The maximum Gasteiger partial charge on any atom is 0.244 e. The van der Waals surface area contributed by atoms with E-state index in [1.807, 2.05) is 12.1 Å². The van der Waals surface area contributed by atoms with Crippen LogP contribution in [0.5, 0.6) is 0 Å². The van der Waals surface area contributed by atoms with E-state index in [0.29, 0.717) is 19.0 Å². The van der Waals surface area contributed by atoms with Crippen molar-refractivity contribution >= 4 is 5.82 Å². The Morgan fingerprint density at radius 1 is 1.36 bits per heavy atom. The van der Waals surface area contributed by atoms with Gasteiger partial charge in [-0.05, 0) is 50.3 Å². The van der Waals surface area contributed by atoms with Gasteiger partial charge in [0.1, 0.15) is 5.82 Å². The molecule has 4 rings (SSSR count). The van der Waals surface area contributed by atoms with Crippen LogP contribution in [0.25, 0.3) is 11.4 Å². The van der Waals surface area contributed by atoms with Crippen LogP contribution in [0, 0.1) is 5.92 Å². The number of aromatic nitrogens is 3. The third-order valence-electron chi connectivity index (χ3n) is 4.93. The molecule has 0 radical (unpaired) electrons. The first-order valence-electron chi connectivity index (χ1n) is 9.11. The average Bonchev–Trinajstić information content (AvgIpc) is 3.12. The highest BCUT2D eigenvalue weighted by Gasteiger charge is 2.34. The molecule has 1 aliphatic carbocycles. The zero-order chi connectivity index (χ0) is 17.1. The second kappa shape index (κ2) is 7.49. The summed E-state index contributed by atoms with van der Waals surface area (Å²) in [5, 5.41) is 7.49. The van der Waals surface area contributed by atoms with E-state index in [1.54, 1.807) is 13.3 Å². The third-order valence-corrected chi connectivity index (χ3v) is 4.93. The highest BCUT2D eigenvalue weighted by atomic mass is 16.5. The van der Waals surface area contributed by atoms with Gasteiger partial charge in [-0.1, -0.05) is 5.16 Å². The van der Waals surface area contributed by atoms with Gasteiger partial charge in [-0.25, -0.2) is 4.98 Å². The molecule has 1 saturated carbocycles. The van der Waals surface area contributed by atoms with Crippen LogP contribution in [0.1, 0.15) is 37.6 Å². The summed E-state index contributed by atoms with van der Waals surface area (Å²) in [6, 6.07) is 4.12. The first-order chi connectivity index (χ1) is 12.3. The Bertz CT molecular complexity index is 700. The van der Waals surface area contributed by atoms with Crippen LogP contribution in [-0.4, -0.2) is 53.4 Å². The number of ether oxygens (including phenoxy) is 1. The van der Waals surface area contributed by atoms with E-state index in [4.69, 9.17) is 14.2 Å².